The number of alkyl halides is 3. The lowest BCUT2D eigenvalue weighted by Gasteiger charge is -2.30. The molecule has 0 spiro atoms. The summed E-state index contributed by atoms with van der Waals surface area (Å²) in [5.41, 5.74) is 5.04. The molecule has 0 atom stereocenters. The van der Waals surface area contributed by atoms with Gasteiger partial charge in [-0.1, -0.05) is 12.8 Å². The molecule has 1 fully saturated rings. The Bertz CT molecular complexity index is 567. The van der Waals surface area contributed by atoms with Crippen molar-refractivity contribution in [3.8, 4) is 0 Å². The molecule has 0 amide bonds. The van der Waals surface area contributed by atoms with Crippen molar-refractivity contribution in [1.82, 2.24) is 9.78 Å². The number of rotatable bonds is 4. The molecule has 1 aliphatic carbocycles. The molecule has 1 heterocycles. The second-order valence-corrected chi connectivity index (χ2v) is 6.06. The van der Waals surface area contributed by atoms with E-state index in [0.29, 0.717) is 16.9 Å². The third-order valence-corrected chi connectivity index (χ3v) is 4.43. The number of nitrogens with two attached hydrogens (primary N) is 1. The number of nitrogens with one attached hydrogen (secondary N) is 1. The summed E-state index contributed by atoms with van der Waals surface area (Å²) < 4.78 is 37.5. The van der Waals surface area contributed by atoms with Gasteiger partial charge < -0.3 is 11.1 Å². The summed E-state index contributed by atoms with van der Waals surface area (Å²) in [6.07, 6.45) is 0.520. The summed E-state index contributed by atoms with van der Waals surface area (Å²) in [5, 5.41) is 6.76. The van der Waals surface area contributed by atoms with Crippen LogP contribution in [0.15, 0.2) is 15.5 Å². The van der Waals surface area contributed by atoms with Gasteiger partial charge in [0.2, 0.25) is 0 Å². The van der Waals surface area contributed by atoms with E-state index < -0.39 is 18.3 Å². The summed E-state index contributed by atoms with van der Waals surface area (Å²) >= 11 is 3.06. The van der Waals surface area contributed by atoms with Crippen molar-refractivity contribution in [1.29, 1.82) is 0 Å². The first kappa shape index (κ1) is 16.3. The predicted molar refractivity (Wildman–Crippen MR) is 76.1 cm³/mol. The van der Waals surface area contributed by atoms with Gasteiger partial charge in [0.1, 0.15) is 11.0 Å². The van der Waals surface area contributed by atoms with E-state index in [1.54, 1.807) is 0 Å². The molecular formula is C12H16BrF3N4O. The van der Waals surface area contributed by atoms with E-state index in [-0.39, 0.29) is 10.0 Å². The fourth-order valence-corrected chi connectivity index (χ4v) is 2.96. The first-order chi connectivity index (χ1) is 9.76. The van der Waals surface area contributed by atoms with Gasteiger partial charge in [-0.3, -0.25) is 4.79 Å². The van der Waals surface area contributed by atoms with Crippen LogP contribution in [0.2, 0.25) is 0 Å². The fraction of sp³-hybridized carbons (Fsp3) is 0.667. The monoisotopic (exact) mass is 368 g/mol. The van der Waals surface area contributed by atoms with Gasteiger partial charge in [0.15, 0.2) is 0 Å². The van der Waals surface area contributed by atoms with Crippen LogP contribution in [0.3, 0.4) is 0 Å². The zero-order valence-electron chi connectivity index (χ0n) is 11.2. The van der Waals surface area contributed by atoms with E-state index >= 15 is 0 Å². The second kappa shape index (κ2) is 5.96. The van der Waals surface area contributed by atoms with Crippen molar-refractivity contribution in [3.05, 3.63) is 21.0 Å². The smallest absolute Gasteiger partial charge is 0.376 e. The van der Waals surface area contributed by atoms with E-state index in [9.17, 15) is 18.0 Å². The predicted octanol–water partition coefficient (Wildman–Crippen LogP) is 2.25. The SMILES string of the molecule is NCC1(Nc2cnn(CC(F)(F)F)c(=O)c2Br)CCCC1. The molecule has 0 saturated heterocycles. The minimum absolute atomic E-state index is 0.0430. The zero-order valence-corrected chi connectivity index (χ0v) is 12.8. The van der Waals surface area contributed by atoms with E-state index in [1.165, 1.54) is 6.20 Å². The Morgan fingerprint density at radius 3 is 2.57 bits per heavy atom. The molecule has 1 saturated carbocycles. The first-order valence-electron chi connectivity index (χ1n) is 6.57. The molecular weight excluding hydrogens is 353 g/mol. The number of aromatic nitrogens is 2. The van der Waals surface area contributed by atoms with Crippen molar-refractivity contribution in [2.45, 2.75) is 43.9 Å². The zero-order chi connectivity index (χ0) is 15.7. The Balaban J connectivity index is 2.27. The highest BCUT2D eigenvalue weighted by Gasteiger charge is 2.34. The highest BCUT2D eigenvalue weighted by atomic mass is 79.9. The van der Waals surface area contributed by atoms with Gasteiger partial charge in [0.25, 0.3) is 5.56 Å². The van der Waals surface area contributed by atoms with Gasteiger partial charge in [-0.05, 0) is 28.8 Å². The van der Waals surface area contributed by atoms with Gasteiger partial charge in [-0.25, -0.2) is 4.68 Å². The molecule has 3 N–H and O–H groups in total. The molecule has 9 heteroatoms. The van der Waals surface area contributed by atoms with Crippen molar-refractivity contribution in [2.24, 2.45) is 5.73 Å². The van der Waals surface area contributed by atoms with Gasteiger partial charge >= 0.3 is 6.18 Å². The Morgan fingerprint density at radius 1 is 1.43 bits per heavy atom. The van der Waals surface area contributed by atoms with Crippen molar-refractivity contribution in [2.75, 3.05) is 11.9 Å². The largest absolute Gasteiger partial charge is 0.408 e. The number of hydrogen-bond donors (Lipinski definition) is 2. The normalized spacial score (nSPS) is 18.0. The van der Waals surface area contributed by atoms with Crippen LogP contribution in [0, 0.1) is 0 Å². The molecule has 0 bridgehead atoms. The van der Waals surface area contributed by atoms with Crippen LogP contribution < -0.4 is 16.6 Å². The van der Waals surface area contributed by atoms with Crippen LogP contribution >= 0.6 is 15.9 Å². The Morgan fingerprint density at radius 2 is 2.05 bits per heavy atom. The number of anilines is 1. The van der Waals surface area contributed by atoms with E-state index in [2.05, 4.69) is 26.3 Å². The lowest BCUT2D eigenvalue weighted by atomic mass is 9.97. The topological polar surface area (TPSA) is 72.9 Å². The number of nitrogens with zero attached hydrogens (tertiary/aromatic N) is 2. The number of halogens is 4. The minimum Gasteiger partial charge on any atom is -0.376 e. The Hall–Kier alpha value is -1.09. The van der Waals surface area contributed by atoms with Gasteiger partial charge in [0.05, 0.1) is 11.9 Å². The fourth-order valence-electron chi connectivity index (χ4n) is 2.55. The molecule has 0 aromatic carbocycles. The first-order valence-corrected chi connectivity index (χ1v) is 7.36. The molecule has 1 aliphatic rings. The third kappa shape index (κ3) is 3.76. The Labute approximate surface area is 127 Å². The van der Waals surface area contributed by atoms with Crippen LogP contribution in [-0.4, -0.2) is 28.0 Å². The van der Waals surface area contributed by atoms with Crippen LogP contribution in [0.25, 0.3) is 0 Å². The summed E-state index contributed by atoms with van der Waals surface area (Å²) in [6, 6.07) is 0. The second-order valence-electron chi connectivity index (χ2n) is 5.27. The molecule has 2 rings (SSSR count). The van der Waals surface area contributed by atoms with Crippen molar-refractivity contribution >= 4 is 21.6 Å². The average Bonchev–Trinajstić information content (AvgIpc) is 2.86. The lowest BCUT2D eigenvalue weighted by Crippen LogP contribution is -2.43. The van der Waals surface area contributed by atoms with E-state index in [4.69, 9.17) is 5.73 Å². The molecule has 21 heavy (non-hydrogen) atoms. The quantitative estimate of drug-likeness (QED) is 0.854. The summed E-state index contributed by atoms with van der Waals surface area (Å²) in [7, 11) is 0. The molecule has 118 valence electrons. The lowest BCUT2D eigenvalue weighted by molar-refractivity contribution is -0.143. The molecule has 0 unspecified atom stereocenters. The molecule has 0 aliphatic heterocycles. The van der Waals surface area contributed by atoms with Crippen molar-refractivity contribution < 1.29 is 13.2 Å². The van der Waals surface area contributed by atoms with Crippen LogP contribution in [-0.2, 0) is 6.54 Å². The number of hydrogen-bond acceptors (Lipinski definition) is 4. The Kier molecular flexibility index (Phi) is 4.62. The maximum Gasteiger partial charge on any atom is 0.408 e. The van der Waals surface area contributed by atoms with Crippen LogP contribution in [0.4, 0.5) is 18.9 Å². The van der Waals surface area contributed by atoms with Gasteiger partial charge in [-0.15, -0.1) is 0 Å². The highest BCUT2D eigenvalue weighted by Crippen LogP contribution is 2.33. The maximum atomic E-state index is 12.3. The van der Waals surface area contributed by atoms with Crippen LogP contribution in [0.1, 0.15) is 25.7 Å². The molecule has 1 aromatic heterocycles. The van der Waals surface area contributed by atoms with E-state index in [1.807, 2.05) is 0 Å². The maximum absolute atomic E-state index is 12.3. The standard InChI is InChI=1S/C12H16BrF3N4O/c13-9-8(19-11(6-17)3-1-2-4-11)5-18-20(10(9)21)7-12(14,15)16/h5,19H,1-4,6-7,17H2. The van der Waals surface area contributed by atoms with Crippen molar-refractivity contribution in [3.63, 3.8) is 0 Å². The third-order valence-electron chi connectivity index (χ3n) is 3.67. The van der Waals surface area contributed by atoms with E-state index in [0.717, 1.165) is 25.7 Å². The van der Waals surface area contributed by atoms with Crippen LogP contribution in [0.5, 0.6) is 0 Å². The highest BCUT2D eigenvalue weighted by molar-refractivity contribution is 9.10. The average molecular weight is 369 g/mol. The molecule has 1 aromatic rings. The summed E-state index contributed by atoms with van der Waals surface area (Å²) in [5.74, 6) is 0. The van der Waals surface area contributed by atoms with Gasteiger partial charge in [-0.2, -0.15) is 18.3 Å². The molecule has 0 radical (unpaired) electrons. The van der Waals surface area contributed by atoms with Gasteiger partial charge in [0, 0.05) is 12.1 Å². The molecule has 5 nitrogen and oxygen atoms in total. The summed E-state index contributed by atoms with van der Waals surface area (Å²) in [4.78, 5) is 11.9. The minimum atomic E-state index is -4.49. The summed E-state index contributed by atoms with van der Waals surface area (Å²) in [6.45, 7) is -1.02.